The smallest absolute Gasteiger partial charge is 0.156 e. The fraction of sp³-hybridized carbons (Fsp3) is 0.500. The lowest BCUT2D eigenvalue weighted by Crippen LogP contribution is -2.43. The maximum Gasteiger partial charge on any atom is 0.156 e. The standard InChI is InChI=1S/C24H25IO2/c1-24-13-20(14-2-5-16(25)6-3-14)23-18-9-7-17(26)12-15(18)4-8-19(23)21(24)10-11-22(24)27/h2-3,5-6,12,19-21H,4,7-11,13H2,1H3/t19?,20-,21?,24+/m1/s1. The minimum Gasteiger partial charge on any atom is -0.299 e. The third kappa shape index (κ3) is 2.72. The first-order valence-corrected chi connectivity index (χ1v) is 11.3. The summed E-state index contributed by atoms with van der Waals surface area (Å²) in [5.74, 6) is 2.09. The van der Waals surface area contributed by atoms with Crippen LogP contribution in [0, 0.1) is 20.8 Å². The van der Waals surface area contributed by atoms with E-state index in [1.54, 1.807) is 5.57 Å². The lowest BCUT2D eigenvalue weighted by atomic mass is 9.53. The largest absolute Gasteiger partial charge is 0.299 e. The molecule has 0 radical (unpaired) electrons. The highest BCUT2D eigenvalue weighted by molar-refractivity contribution is 14.1. The van der Waals surface area contributed by atoms with Gasteiger partial charge in [0.25, 0.3) is 0 Å². The highest BCUT2D eigenvalue weighted by atomic mass is 127. The van der Waals surface area contributed by atoms with E-state index in [4.69, 9.17) is 0 Å². The molecule has 0 saturated heterocycles. The fourth-order valence-corrected chi connectivity index (χ4v) is 6.79. The summed E-state index contributed by atoms with van der Waals surface area (Å²) in [4.78, 5) is 24.9. The van der Waals surface area contributed by atoms with Crippen molar-refractivity contribution in [2.24, 2.45) is 17.3 Å². The van der Waals surface area contributed by atoms with Gasteiger partial charge in [-0.15, -0.1) is 0 Å². The van der Waals surface area contributed by atoms with Gasteiger partial charge < -0.3 is 0 Å². The van der Waals surface area contributed by atoms with E-state index in [-0.39, 0.29) is 11.2 Å². The Bertz CT molecular complexity index is 891. The van der Waals surface area contributed by atoms with Gasteiger partial charge in [-0.2, -0.15) is 0 Å². The van der Waals surface area contributed by atoms with E-state index in [0.717, 1.165) is 38.5 Å². The zero-order chi connectivity index (χ0) is 18.8. The third-order valence-electron chi connectivity index (χ3n) is 7.72. The molecule has 2 saturated carbocycles. The number of benzene rings is 1. The molecule has 5 rings (SSSR count). The van der Waals surface area contributed by atoms with Crippen LogP contribution < -0.4 is 0 Å². The monoisotopic (exact) mass is 472 g/mol. The Morgan fingerprint density at radius 1 is 1.00 bits per heavy atom. The van der Waals surface area contributed by atoms with E-state index in [1.807, 2.05) is 6.08 Å². The van der Waals surface area contributed by atoms with E-state index in [0.29, 0.717) is 30.0 Å². The summed E-state index contributed by atoms with van der Waals surface area (Å²) in [6.45, 7) is 2.24. The predicted molar refractivity (Wildman–Crippen MR) is 114 cm³/mol. The van der Waals surface area contributed by atoms with E-state index in [2.05, 4.69) is 53.8 Å². The predicted octanol–water partition coefficient (Wildman–Crippen LogP) is 5.76. The van der Waals surface area contributed by atoms with Crippen LogP contribution in [0.15, 0.2) is 47.1 Å². The summed E-state index contributed by atoms with van der Waals surface area (Å²) in [6.07, 6.45) is 8.31. The van der Waals surface area contributed by atoms with Crippen LogP contribution in [0.5, 0.6) is 0 Å². The zero-order valence-corrected chi connectivity index (χ0v) is 17.9. The summed E-state index contributed by atoms with van der Waals surface area (Å²) in [6, 6.07) is 8.88. The van der Waals surface area contributed by atoms with E-state index < -0.39 is 0 Å². The number of ketones is 2. The topological polar surface area (TPSA) is 34.1 Å². The van der Waals surface area contributed by atoms with Crippen molar-refractivity contribution in [3.05, 3.63) is 56.2 Å². The Morgan fingerprint density at radius 3 is 2.56 bits per heavy atom. The number of Topliss-reactive ketones (excluding diaryl/α,β-unsaturated/α-hetero) is 1. The number of allylic oxidation sites excluding steroid dienone is 4. The van der Waals surface area contributed by atoms with Gasteiger partial charge in [0.2, 0.25) is 0 Å². The first-order valence-electron chi connectivity index (χ1n) is 10.2. The molecule has 4 aliphatic carbocycles. The van der Waals surface area contributed by atoms with E-state index in [1.165, 1.54) is 20.3 Å². The number of carbonyl (C=O) groups is 2. The van der Waals surface area contributed by atoms with Crippen LogP contribution in [0.25, 0.3) is 0 Å². The van der Waals surface area contributed by atoms with Gasteiger partial charge in [-0.3, -0.25) is 9.59 Å². The number of halogens is 1. The normalized spacial score (nSPS) is 35.5. The lowest BCUT2D eigenvalue weighted by molar-refractivity contribution is -0.128. The number of fused-ring (bicyclic) bond motifs is 4. The molecule has 1 aromatic carbocycles. The Hall–Kier alpha value is -1.23. The summed E-state index contributed by atoms with van der Waals surface area (Å²) in [5.41, 5.74) is 5.52. The van der Waals surface area contributed by atoms with Crippen molar-refractivity contribution in [1.29, 1.82) is 0 Å². The summed E-state index contributed by atoms with van der Waals surface area (Å²) < 4.78 is 1.25. The van der Waals surface area contributed by atoms with E-state index in [9.17, 15) is 9.59 Å². The summed E-state index contributed by atoms with van der Waals surface area (Å²) in [5, 5.41) is 0. The molecule has 4 aliphatic rings. The Balaban J connectivity index is 1.69. The average molecular weight is 472 g/mol. The lowest BCUT2D eigenvalue weighted by Gasteiger charge is -2.50. The molecule has 0 heterocycles. The van der Waals surface area contributed by atoms with Crippen LogP contribution >= 0.6 is 22.6 Å². The second-order valence-electron chi connectivity index (χ2n) is 9.01. The number of hydrogen-bond acceptors (Lipinski definition) is 2. The Morgan fingerprint density at radius 2 is 1.78 bits per heavy atom. The molecule has 0 aromatic heterocycles. The van der Waals surface area contributed by atoms with Gasteiger partial charge >= 0.3 is 0 Å². The molecule has 0 N–H and O–H groups in total. The van der Waals surface area contributed by atoms with Crippen molar-refractivity contribution >= 4 is 34.2 Å². The minimum absolute atomic E-state index is 0.173. The SMILES string of the molecule is C[C@]12C[C@H](c3ccc(I)cc3)C3=C4CCC(=O)C=C4CCC3C1CCC2=O. The van der Waals surface area contributed by atoms with Crippen molar-refractivity contribution in [2.45, 2.75) is 57.8 Å². The van der Waals surface area contributed by atoms with Crippen LogP contribution in [0.2, 0.25) is 0 Å². The van der Waals surface area contributed by atoms with Crippen molar-refractivity contribution in [1.82, 2.24) is 0 Å². The molecule has 2 nitrogen and oxygen atoms in total. The van der Waals surface area contributed by atoms with Crippen molar-refractivity contribution in [3.63, 3.8) is 0 Å². The molecule has 3 heteroatoms. The van der Waals surface area contributed by atoms with Crippen LogP contribution in [0.4, 0.5) is 0 Å². The molecule has 2 unspecified atom stereocenters. The molecule has 0 bridgehead atoms. The maximum absolute atomic E-state index is 12.9. The van der Waals surface area contributed by atoms with Crippen molar-refractivity contribution in [2.75, 3.05) is 0 Å². The van der Waals surface area contributed by atoms with Gasteiger partial charge in [0.05, 0.1) is 0 Å². The van der Waals surface area contributed by atoms with Crippen LogP contribution in [0.1, 0.15) is 63.4 Å². The minimum atomic E-state index is -0.173. The molecular weight excluding hydrogens is 447 g/mol. The van der Waals surface area contributed by atoms with Crippen LogP contribution in [-0.4, -0.2) is 11.6 Å². The molecule has 2 fully saturated rings. The van der Waals surface area contributed by atoms with E-state index >= 15 is 0 Å². The van der Waals surface area contributed by atoms with Crippen molar-refractivity contribution < 1.29 is 9.59 Å². The van der Waals surface area contributed by atoms with Gasteiger partial charge in [-0.05, 0) is 101 Å². The fourth-order valence-electron chi connectivity index (χ4n) is 6.43. The molecule has 0 aliphatic heterocycles. The zero-order valence-electron chi connectivity index (χ0n) is 15.8. The highest BCUT2D eigenvalue weighted by Crippen LogP contribution is 2.62. The third-order valence-corrected chi connectivity index (χ3v) is 8.44. The first kappa shape index (κ1) is 17.8. The Kier molecular flexibility index (Phi) is 4.23. The average Bonchev–Trinajstić information content (AvgIpc) is 2.96. The molecule has 0 amide bonds. The summed E-state index contributed by atoms with van der Waals surface area (Å²) >= 11 is 2.35. The quantitative estimate of drug-likeness (QED) is 0.487. The first-order chi connectivity index (χ1) is 13.0. The number of rotatable bonds is 1. The number of carbonyl (C=O) groups excluding carboxylic acids is 2. The second kappa shape index (κ2) is 6.40. The molecule has 4 atom stereocenters. The number of hydrogen-bond donors (Lipinski definition) is 0. The Labute approximate surface area is 174 Å². The molecule has 0 spiro atoms. The second-order valence-corrected chi connectivity index (χ2v) is 10.3. The van der Waals surface area contributed by atoms with Gasteiger partial charge in [-0.25, -0.2) is 0 Å². The van der Waals surface area contributed by atoms with Crippen molar-refractivity contribution in [3.8, 4) is 0 Å². The van der Waals surface area contributed by atoms with Gasteiger partial charge in [-0.1, -0.05) is 24.6 Å². The van der Waals surface area contributed by atoms with Gasteiger partial charge in [0.15, 0.2) is 5.78 Å². The molecule has 1 aromatic rings. The maximum atomic E-state index is 12.9. The van der Waals surface area contributed by atoms with Crippen LogP contribution in [0.3, 0.4) is 0 Å². The van der Waals surface area contributed by atoms with Gasteiger partial charge in [0.1, 0.15) is 5.78 Å². The van der Waals surface area contributed by atoms with Gasteiger partial charge in [0, 0.05) is 27.7 Å². The molecule has 140 valence electrons. The van der Waals surface area contributed by atoms with Crippen LogP contribution in [-0.2, 0) is 9.59 Å². The molecule has 27 heavy (non-hydrogen) atoms. The molecular formula is C24H25IO2. The highest BCUT2D eigenvalue weighted by Gasteiger charge is 2.56. The summed E-state index contributed by atoms with van der Waals surface area (Å²) in [7, 11) is 0.